The van der Waals surface area contributed by atoms with Crippen molar-refractivity contribution in [2.45, 2.75) is 23.8 Å². The second kappa shape index (κ2) is 4.53. The van der Waals surface area contributed by atoms with Crippen molar-refractivity contribution in [2.24, 2.45) is 5.73 Å². The third-order valence-electron chi connectivity index (χ3n) is 2.65. The molecule has 0 heterocycles. The van der Waals surface area contributed by atoms with E-state index in [1.165, 1.54) is 4.31 Å². The molecule has 0 atom stereocenters. The van der Waals surface area contributed by atoms with Crippen LogP contribution in [0, 0.1) is 0 Å². The number of sulfonamides is 1. The van der Waals surface area contributed by atoms with Gasteiger partial charge >= 0.3 is 0 Å². The summed E-state index contributed by atoms with van der Waals surface area (Å²) in [7, 11) is -3.35. The Morgan fingerprint density at radius 3 is 2.38 bits per heavy atom. The molecule has 0 bridgehead atoms. The van der Waals surface area contributed by atoms with Crippen LogP contribution in [0.2, 0.25) is 0 Å². The highest BCUT2D eigenvalue weighted by molar-refractivity contribution is 7.89. The third kappa shape index (κ3) is 2.26. The van der Waals surface area contributed by atoms with Crippen molar-refractivity contribution < 1.29 is 8.42 Å². The molecule has 1 aromatic carbocycles. The van der Waals surface area contributed by atoms with Crippen LogP contribution in [0.4, 0.5) is 0 Å². The summed E-state index contributed by atoms with van der Waals surface area (Å²) in [6.07, 6.45) is 1.90. The zero-order chi connectivity index (χ0) is 11.6. The Morgan fingerprint density at radius 1 is 1.25 bits per heavy atom. The summed E-state index contributed by atoms with van der Waals surface area (Å²) >= 11 is 0. The number of hydrogen-bond donors (Lipinski definition) is 1. The van der Waals surface area contributed by atoms with Gasteiger partial charge in [-0.25, -0.2) is 8.42 Å². The standard InChI is InChI=1S/C11H16N2O2S/c12-8-9-13(10-6-7-10)16(14,15)11-4-2-1-3-5-11/h1-5,10H,6-9,12H2. The Balaban J connectivity index is 2.29. The molecule has 0 aliphatic heterocycles. The number of hydrogen-bond acceptors (Lipinski definition) is 3. The van der Waals surface area contributed by atoms with E-state index >= 15 is 0 Å². The lowest BCUT2D eigenvalue weighted by Crippen LogP contribution is -2.37. The van der Waals surface area contributed by atoms with Crippen LogP contribution in [-0.2, 0) is 10.0 Å². The van der Waals surface area contributed by atoms with Crippen molar-refractivity contribution in [1.29, 1.82) is 0 Å². The first-order valence-electron chi connectivity index (χ1n) is 5.43. The van der Waals surface area contributed by atoms with E-state index < -0.39 is 10.0 Å². The fourth-order valence-electron chi connectivity index (χ4n) is 1.72. The maximum atomic E-state index is 12.3. The van der Waals surface area contributed by atoms with Gasteiger partial charge in [-0.2, -0.15) is 4.31 Å². The molecular formula is C11H16N2O2S. The predicted molar refractivity (Wildman–Crippen MR) is 62.4 cm³/mol. The van der Waals surface area contributed by atoms with Gasteiger partial charge in [0.1, 0.15) is 0 Å². The zero-order valence-electron chi connectivity index (χ0n) is 9.04. The van der Waals surface area contributed by atoms with Gasteiger partial charge in [-0.1, -0.05) is 18.2 Å². The molecule has 0 radical (unpaired) electrons. The molecule has 2 rings (SSSR count). The van der Waals surface area contributed by atoms with E-state index in [-0.39, 0.29) is 6.04 Å². The van der Waals surface area contributed by atoms with Crippen molar-refractivity contribution in [2.75, 3.05) is 13.1 Å². The molecule has 1 aromatic rings. The highest BCUT2D eigenvalue weighted by Gasteiger charge is 2.37. The van der Waals surface area contributed by atoms with Crippen LogP contribution in [0.3, 0.4) is 0 Å². The van der Waals surface area contributed by atoms with Crippen LogP contribution in [0.5, 0.6) is 0 Å². The van der Waals surface area contributed by atoms with Gasteiger partial charge in [0.25, 0.3) is 0 Å². The molecule has 1 saturated carbocycles. The number of benzene rings is 1. The number of rotatable bonds is 5. The van der Waals surface area contributed by atoms with Gasteiger partial charge in [0.05, 0.1) is 4.90 Å². The van der Waals surface area contributed by atoms with E-state index in [1.807, 2.05) is 6.07 Å². The third-order valence-corrected chi connectivity index (χ3v) is 4.62. The second-order valence-electron chi connectivity index (χ2n) is 3.95. The molecule has 5 heteroatoms. The summed E-state index contributed by atoms with van der Waals surface area (Å²) in [6, 6.07) is 8.70. The van der Waals surface area contributed by atoms with Crippen molar-refractivity contribution >= 4 is 10.0 Å². The SMILES string of the molecule is NCCN(C1CC1)S(=O)(=O)c1ccccc1. The molecule has 1 aliphatic carbocycles. The van der Waals surface area contributed by atoms with E-state index in [9.17, 15) is 8.42 Å². The summed E-state index contributed by atoms with van der Waals surface area (Å²) in [6.45, 7) is 0.768. The van der Waals surface area contributed by atoms with Gasteiger partial charge in [0.15, 0.2) is 0 Å². The molecule has 0 saturated heterocycles. The van der Waals surface area contributed by atoms with Gasteiger partial charge in [-0.15, -0.1) is 0 Å². The molecule has 4 nitrogen and oxygen atoms in total. The fraction of sp³-hybridized carbons (Fsp3) is 0.455. The van der Waals surface area contributed by atoms with E-state index in [4.69, 9.17) is 5.73 Å². The number of nitrogens with two attached hydrogens (primary N) is 1. The summed E-state index contributed by atoms with van der Waals surface area (Å²) in [5.74, 6) is 0. The molecule has 0 unspecified atom stereocenters. The molecule has 88 valence electrons. The second-order valence-corrected chi connectivity index (χ2v) is 5.84. The van der Waals surface area contributed by atoms with Crippen LogP contribution in [0.15, 0.2) is 35.2 Å². The minimum atomic E-state index is -3.35. The predicted octanol–water partition coefficient (Wildman–Crippen LogP) is 0.798. The van der Waals surface area contributed by atoms with Gasteiger partial charge in [-0.05, 0) is 25.0 Å². The smallest absolute Gasteiger partial charge is 0.243 e. The largest absolute Gasteiger partial charge is 0.329 e. The van der Waals surface area contributed by atoms with Crippen LogP contribution in [0.1, 0.15) is 12.8 Å². The van der Waals surface area contributed by atoms with Gasteiger partial charge < -0.3 is 5.73 Å². The summed E-state index contributed by atoms with van der Waals surface area (Å²) in [4.78, 5) is 0.357. The maximum absolute atomic E-state index is 12.3. The summed E-state index contributed by atoms with van der Waals surface area (Å²) in [5.41, 5.74) is 5.46. The minimum Gasteiger partial charge on any atom is -0.329 e. The Morgan fingerprint density at radius 2 is 1.88 bits per heavy atom. The molecule has 0 aromatic heterocycles. The van der Waals surface area contributed by atoms with E-state index in [1.54, 1.807) is 24.3 Å². The van der Waals surface area contributed by atoms with Crippen molar-refractivity contribution in [3.05, 3.63) is 30.3 Å². The van der Waals surface area contributed by atoms with E-state index in [0.717, 1.165) is 12.8 Å². The highest BCUT2D eigenvalue weighted by atomic mass is 32.2. The molecule has 2 N–H and O–H groups in total. The van der Waals surface area contributed by atoms with E-state index in [2.05, 4.69) is 0 Å². The average Bonchev–Trinajstić information content (AvgIpc) is 3.11. The normalized spacial score (nSPS) is 16.6. The lowest BCUT2D eigenvalue weighted by Gasteiger charge is -2.20. The van der Waals surface area contributed by atoms with Crippen LogP contribution in [-0.4, -0.2) is 31.9 Å². The van der Waals surface area contributed by atoms with Crippen LogP contribution in [0.25, 0.3) is 0 Å². The van der Waals surface area contributed by atoms with E-state index in [0.29, 0.717) is 18.0 Å². The Labute approximate surface area is 96.1 Å². The lowest BCUT2D eigenvalue weighted by atomic mass is 10.4. The van der Waals surface area contributed by atoms with Gasteiger partial charge in [0, 0.05) is 19.1 Å². The Hall–Kier alpha value is -0.910. The Bertz CT molecular complexity index is 440. The minimum absolute atomic E-state index is 0.161. The topological polar surface area (TPSA) is 63.4 Å². The average molecular weight is 240 g/mol. The zero-order valence-corrected chi connectivity index (χ0v) is 9.86. The molecular weight excluding hydrogens is 224 g/mol. The summed E-state index contributed by atoms with van der Waals surface area (Å²) in [5, 5.41) is 0. The molecule has 1 fully saturated rings. The molecule has 0 amide bonds. The quantitative estimate of drug-likeness (QED) is 0.828. The maximum Gasteiger partial charge on any atom is 0.243 e. The molecule has 1 aliphatic rings. The first kappa shape index (κ1) is 11.6. The van der Waals surface area contributed by atoms with Crippen molar-refractivity contribution in [3.63, 3.8) is 0 Å². The first-order chi connectivity index (χ1) is 7.66. The van der Waals surface area contributed by atoms with Gasteiger partial charge in [0.2, 0.25) is 10.0 Å². The number of nitrogens with zero attached hydrogens (tertiary/aromatic N) is 1. The summed E-state index contributed by atoms with van der Waals surface area (Å²) < 4.78 is 26.1. The van der Waals surface area contributed by atoms with Crippen LogP contribution < -0.4 is 5.73 Å². The first-order valence-corrected chi connectivity index (χ1v) is 6.87. The lowest BCUT2D eigenvalue weighted by molar-refractivity contribution is 0.411. The van der Waals surface area contributed by atoms with Crippen LogP contribution >= 0.6 is 0 Å². The molecule has 16 heavy (non-hydrogen) atoms. The monoisotopic (exact) mass is 240 g/mol. The van der Waals surface area contributed by atoms with Crippen molar-refractivity contribution in [1.82, 2.24) is 4.31 Å². The van der Waals surface area contributed by atoms with Gasteiger partial charge in [-0.3, -0.25) is 0 Å². The highest BCUT2D eigenvalue weighted by Crippen LogP contribution is 2.31. The molecule has 0 spiro atoms. The fourth-order valence-corrected chi connectivity index (χ4v) is 3.44. The Kier molecular flexibility index (Phi) is 3.28. The van der Waals surface area contributed by atoms with Crippen molar-refractivity contribution in [3.8, 4) is 0 Å².